The zero-order valence-corrected chi connectivity index (χ0v) is 9.81. The molecule has 2 aliphatic rings. The highest BCUT2D eigenvalue weighted by Gasteiger charge is 2.41. The molecule has 0 aromatic carbocycles. The zero-order valence-electron chi connectivity index (χ0n) is 9.81. The van der Waals surface area contributed by atoms with Crippen molar-refractivity contribution >= 4 is 0 Å². The van der Waals surface area contributed by atoms with E-state index in [1.54, 1.807) is 0 Å². The van der Waals surface area contributed by atoms with Gasteiger partial charge in [0.2, 0.25) is 0 Å². The lowest BCUT2D eigenvalue weighted by molar-refractivity contribution is 0.199. The molecule has 2 fully saturated rings. The van der Waals surface area contributed by atoms with Crippen molar-refractivity contribution in [1.82, 2.24) is 5.32 Å². The van der Waals surface area contributed by atoms with Crippen LogP contribution in [0.5, 0.6) is 0 Å². The Balaban J connectivity index is 2.04. The molecule has 0 bridgehead atoms. The van der Waals surface area contributed by atoms with E-state index < -0.39 is 0 Å². The van der Waals surface area contributed by atoms with Crippen LogP contribution in [0.3, 0.4) is 0 Å². The molecule has 1 unspecified atom stereocenters. The minimum Gasteiger partial charge on any atom is -0.311 e. The maximum Gasteiger partial charge on any atom is 0.0212 e. The van der Waals surface area contributed by atoms with Crippen molar-refractivity contribution in [3.8, 4) is 0 Å². The third-order valence-electron chi connectivity index (χ3n) is 4.19. The number of rotatable bonds is 3. The molecular formula is C13H25N. The summed E-state index contributed by atoms with van der Waals surface area (Å²) in [4.78, 5) is 0. The van der Waals surface area contributed by atoms with Gasteiger partial charge in [-0.25, -0.2) is 0 Å². The average molecular weight is 195 g/mol. The van der Waals surface area contributed by atoms with E-state index in [0.29, 0.717) is 5.54 Å². The van der Waals surface area contributed by atoms with Gasteiger partial charge in [0, 0.05) is 5.54 Å². The van der Waals surface area contributed by atoms with Gasteiger partial charge in [-0.2, -0.15) is 0 Å². The second kappa shape index (κ2) is 4.22. The van der Waals surface area contributed by atoms with Gasteiger partial charge >= 0.3 is 0 Å². The van der Waals surface area contributed by atoms with Crippen molar-refractivity contribution in [1.29, 1.82) is 0 Å². The van der Waals surface area contributed by atoms with Crippen LogP contribution in [0.2, 0.25) is 0 Å². The summed E-state index contributed by atoms with van der Waals surface area (Å²) in [6.07, 6.45) is 10.2. The molecule has 0 spiro atoms. The Kier molecular flexibility index (Phi) is 3.16. The first kappa shape index (κ1) is 10.5. The summed E-state index contributed by atoms with van der Waals surface area (Å²) in [5.74, 6) is 1.84. The highest BCUT2D eigenvalue weighted by Crippen LogP contribution is 2.42. The highest BCUT2D eigenvalue weighted by atomic mass is 15.0. The largest absolute Gasteiger partial charge is 0.311 e. The molecule has 1 atom stereocenters. The van der Waals surface area contributed by atoms with E-state index in [2.05, 4.69) is 19.2 Å². The van der Waals surface area contributed by atoms with Gasteiger partial charge in [0.15, 0.2) is 0 Å². The van der Waals surface area contributed by atoms with Crippen molar-refractivity contribution in [3.63, 3.8) is 0 Å². The molecule has 0 radical (unpaired) electrons. The Hall–Kier alpha value is -0.0400. The monoisotopic (exact) mass is 195 g/mol. The molecule has 1 nitrogen and oxygen atoms in total. The third-order valence-corrected chi connectivity index (χ3v) is 4.19. The molecule has 1 N–H and O–H groups in total. The maximum atomic E-state index is 3.84. The molecular weight excluding hydrogens is 170 g/mol. The van der Waals surface area contributed by atoms with Crippen LogP contribution in [-0.4, -0.2) is 12.1 Å². The van der Waals surface area contributed by atoms with Crippen molar-refractivity contribution in [2.75, 3.05) is 6.54 Å². The molecule has 0 aromatic heterocycles. The van der Waals surface area contributed by atoms with E-state index in [9.17, 15) is 0 Å². The van der Waals surface area contributed by atoms with Crippen molar-refractivity contribution in [2.45, 2.75) is 64.3 Å². The molecule has 1 saturated carbocycles. The predicted octanol–water partition coefficient (Wildman–Crippen LogP) is 3.34. The summed E-state index contributed by atoms with van der Waals surface area (Å²) >= 11 is 0. The summed E-state index contributed by atoms with van der Waals surface area (Å²) in [6, 6.07) is 0. The van der Waals surface area contributed by atoms with Crippen LogP contribution in [-0.2, 0) is 0 Å². The maximum absolute atomic E-state index is 3.84. The number of nitrogens with one attached hydrogen (secondary N) is 1. The van der Waals surface area contributed by atoms with Crippen molar-refractivity contribution in [2.24, 2.45) is 11.8 Å². The first-order valence-electron chi connectivity index (χ1n) is 6.48. The molecule has 1 aliphatic carbocycles. The Bertz CT molecular complexity index is 174. The second-order valence-corrected chi connectivity index (χ2v) is 5.77. The molecule has 0 aromatic rings. The summed E-state index contributed by atoms with van der Waals surface area (Å²) in [6.45, 7) is 6.01. The SMILES string of the molecule is CC(C)CC1(C2CCCC2)CCCN1. The fraction of sp³-hybridized carbons (Fsp3) is 1.00. The quantitative estimate of drug-likeness (QED) is 0.728. The van der Waals surface area contributed by atoms with Gasteiger partial charge in [-0.1, -0.05) is 26.7 Å². The van der Waals surface area contributed by atoms with E-state index in [-0.39, 0.29) is 0 Å². The number of hydrogen-bond donors (Lipinski definition) is 1. The van der Waals surface area contributed by atoms with E-state index in [1.165, 1.54) is 51.5 Å². The van der Waals surface area contributed by atoms with Crippen LogP contribution < -0.4 is 5.32 Å². The zero-order chi connectivity index (χ0) is 10.0. The average Bonchev–Trinajstić information content (AvgIpc) is 2.69. The van der Waals surface area contributed by atoms with Crippen LogP contribution >= 0.6 is 0 Å². The second-order valence-electron chi connectivity index (χ2n) is 5.77. The van der Waals surface area contributed by atoms with Crippen LogP contribution in [0.25, 0.3) is 0 Å². The van der Waals surface area contributed by atoms with Gasteiger partial charge in [-0.15, -0.1) is 0 Å². The standard InChI is InChI=1S/C13H25N/c1-11(2)10-13(8-5-9-14-13)12-6-3-4-7-12/h11-12,14H,3-10H2,1-2H3. The van der Waals surface area contributed by atoms with Crippen molar-refractivity contribution in [3.05, 3.63) is 0 Å². The molecule has 14 heavy (non-hydrogen) atoms. The Morgan fingerprint density at radius 1 is 1.21 bits per heavy atom. The lowest BCUT2D eigenvalue weighted by Gasteiger charge is -2.37. The smallest absolute Gasteiger partial charge is 0.0212 e. The minimum atomic E-state index is 0.546. The molecule has 1 aliphatic heterocycles. The van der Waals surface area contributed by atoms with Gasteiger partial charge in [-0.05, 0) is 50.5 Å². The third kappa shape index (κ3) is 1.98. The normalized spacial score (nSPS) is 34.5. The van der Waals surface area contributed by atoms with E-state index >= 15 is 0 Å². The Morgan fingerprint density at radius 3 is 2.43 bits per heavy atom. The summed E-state index contributed by atoms with van der Waals surface area (Å²) in [7, 11) is 0. The first-order chi connectivity index (χ1) is 6.73. The van der Waals surface area contributed by atoms with E-state index in [1.807, 2.05) is 0 Å². The molecule has 1 heteroatoms. The van der Waals surface area contributed by atoms with Crippen molar-refractivity contribution < 1.29 is 0 Å². The first-order valence-corrected chi connectivity index (χ1v) is 6.48. The number of hydrogen-bond acceptors (Lipinski definition) is 1. The van der Waals surface area contributed by atoms with Crippen LogP contribution in [0, 0.1) is 11.8 Å². The Labute approximate surface area is 88.7 Å². The van der Waals surface area contributed by atoms with Crippen LogP contribution in [0.15, 0.2) is 0 Å². The van der Waals surface area contributed by atoms with Gasteiger partial charge < -0.3 is 5.32 Å². The summed E-state index contributed by atoms with van der Waals surface area (Å²) < 4.78 is 0. The van der Waals surface area contributed by atoms with Crippen LogP contribution in [0.1, 0.15) is 58.8 Å². The van der Waals surface area contributed by atoms with Gasteiger partial charge in [0.05, 0.1) is 0 Å². The lowest BCUT2D eigenvalue weighted by atomic mass is 9.76. The lowest BCUT2D eigenvalue weighted by Crippen LogP contribution is -2.46. The molecule has 82 valence electrons. The van der Waals surface area contributed by atoms with E-state index in [4.69, 9.17) is 0 Å². The van der Waals surface area contributed by atoms with Gasteiger partial charge in [-0.3, -0.25) is 0 Å². The van der Waals surface area contributed by atoms with Gasteiger partial charge in [0.1, 0.15) is 0 Å². The van der Waals surface area contributed by atoms with E-state index in [0.717, 1.165) is 11.8 Å². The molecule has 1 saturated heterocycles. The fourth-order valence-electron chi connectivity index (χ4n) is 3.73. The Morgan fingerprint density at radius 2 is 1.93 bits per heavy atom. The highest BCUT2D eigenvalue weighted by molar-refractivity contribution is 5.00. The van der Waals surface area contributed by atoms with Crippen LogP contribution in [0.4, 0.5) is 0 Å². The summed E-state index contributed by atoms with van der Waals surface area (Å²) in [5, 5.41) is 3.84. The minimum absolute atomic E-state index is 0.546. The fourth-order valence-corrected chi connectivity index (χ4v) is 3.73. The molecule has 1 heterocycles. The predicted molar refractivity (Wildman–Crippen MR) is 61.4 cm³/mol. The summed E-state index contributed by atoms with van der Waals surface area (Å²) in [5.41, 5.74) is 0.546. The van der Waals surface area contributed by atoms with Gasteiger partial charge in [0.25, 0.3) is 0 Å². The molecule has 2 rings (SSSR count). The topological polar surface area (TPSA) is 12.0 Å². The molecule has 0 amide bonds.